The number of carbonyl (C=O) groups excluding carboxylic acids is 1. The average molecular weight is 323 g/mol. The summed E-state index contributed by atoms with van der Waals surface area (Å²) < 4.78 is 7.32. The van der Waals surface area contributed by atoms with Crippen molar-refractivity contribution in [2.24, 2.45) is 14.1 Å². The minimum absolute atomic E-state index is 0.300. The van der Waals surface area contributed by atoms with Gasteiger partial charge < -0.3 is 4.74 Å². The fourth-order valence-electron chi connectivity index (χ4n) is 2.06. The quantitative estimate of drug-likeness (QED) is 0.608. The van der Waals surface area contributed by atoms with Gasteiger partial charge in [0.25, 0.3) is 5.56 Å². The van der Waals surface area contributed by atoms with E-state index in [0.717, 1.165) is 4.57 Å². The Morgan fingerprint density at radius 1 is 1.36 bits per heavy atom. The predicted octanol–water partition coefficient (Wildman–Crippen LogP) is 0.676. The van der Waals surface area contributed by atoms with Crippen LogP contribution in [0.15, 0.2) is 26.7 Å². The summed E-state index contributed by atoms with van der Waals surface area (Å²) in [6.07, 6.45) is 1.52. The maximum Gasteiger partial charge on any atom is 0.332 e. The first-order chi connectivity index (χ1) is 10.4. The van der Waals surface area contributed by atoms with Gasteiger partial charge in [0.1, 0.15) is 10.9 Å². The minimum atomic E-state index is -0.465. The number of thioether (sulfide) groups is 1. The van der Waals surface area contributed by atoms with Crippen LogP contribution in [0.2, 0.25) is 0 Å². The maximum absolute atomic E-state index is 12.4. The number of aryl methyl sites for hydroxylation is 1. The molecule has 0 spiro atoms. The van der Waals surface area contributed by atoms with Crippen LogP contribution < -0.4 is 11.2 Å². The number of carbonyl (C=O) groups is 1. The fourth-order valence-corrected chi connectivity index (χ4v) is 3.04. The molecule has 0 aliphatic carbocycles. The van der Waals surface area contributed by atoms with Gasteiger partial charge >= 0.3 is 11.7 Å². The number of hydrogen-bond acceptors (Lipinski definition) is 6. The second-order valence-electron chi connectivity index (χ2n) is 4.73. The highest BCUT2D eigenvalue weighted by atomic mass is 32.2. The lowest BCUT2D eigenvalue weighted by molar-refractivity contribution is -0.142. The van der Waals surface area contributed by atoms with E-state index in [9.17, 15) is 14.4 Å². The molecule has 0 fully saturated rings. The molecule has 0 N–H and O–H groups in total. The molecule has 0 aromatic carbocycles. The minimum Gasteiger partial charge on any atom is -0.465 e. The van der Waals surface area contributed by atoms with Gasteiger partial charge in [-0.2, -0.15) is 0 Å². The standard InChI is InChI=1S/C14H17N3O4S/c1-5-21-13(19)8(2)22-9-6-7-15-11-10(9)12(18)17(4)14(20)16(11)3/h6-8H,5H2,1-4H3/t8-/m1/s1. The first-order valence-corrected chi connectivity index (χ1v) is 7.64. The van der Waals surface area contributed by atoms with Crippen molar-refractivity contribution in [2.45, 2.75) is 24.0 Å². The Labute approximate surface area is 130 Å². The highest BCUT2D eigenvalue weighted by Gasteiger charge is 2.20. The molecule has 0 amide bonds. The zero-order valence-corrected chi connectivity index (χ0v) is 13.6. The van der Waals surface area contributed by atoms with Gasteiger partial charge in [0.15, 0.2) is 0 Å². The molecular weight excluding hydrogens is 306 g/mol. The topological polar surface area (TPSA) is 83.2 Å². The third-order valence-electron chi connectivity index (χ3n) is 3.23. The van der Waals surface area contributed by atoms with Gasteiger partial charge in [-0.05, 0) is 19.9 Å². The second-order valence-corrected chi connectivity index (χ2v) is 6.11. The Balaban J connectivity index is 2.59. The molecule has 7 nitrogen and oxygen atoms in total. The highest BCUT2D eigenvalue weighted by Crippen LogP contribution is 2.28. The lowest BCUT2D eigenvalue weighted by Gasteiger charge is -2.13. The van der Waals surface area contributed by atoms with Crippen LogP contribution in [-0.4, -0.2) is 31.9 Å². The van der Waals surface area contributed by atoms with Gasteiger partial charge in [-0.3, -0.25) is 18.7 Å². The summed E-state index contributed by atoms with van der Waals surface area (Å²) in [5.41, 5.74) is -0.565. The van der Waals surface area contributed by atoms with Gasteiger partial charge in [0.05, 0.1) is 12.0 Å². The zero-order chi connectivity index (χ0) is 16.4. The highest BCUT2D eigenvalue weighted by molar-refractivity contribution is 8.00. The smallest absolute Gasteiger partial charge is 0.332 e. The number of esters is 1. The summed E-state index contributed by atoms with van der Waals surface area (Å²) in [5.74, 6) is -0.348. The van der Waals surface area contributed by atoms with E-state index in [0.29, 0.717) is 22.5 Å². The molecule has 2 rings (SSSR count). The third kappa shape index (κ3) is 2.78. The van der Waals surface area contributed by atoms with E-state index in [1.807, 2.05) is 0 Å². The van der Waals surface area contributed by atoms with Crippen LogP contribution in [0.5, 0.6) is 0 Å². The van der Waals surface area contributed by atoms with E-state index in [4.69, 9.17) is 4.74 Å². The zero-order valence-electron chi connectivity index (χ0n) is 12.8. The third-order valence-corrected chi connectivity index (χ3v) is 4.37. The van der Waals surface area contributed by atoms with E-state index >= 15 is 0 Å². The van der Waals surface area contributed by atoms with Gasteiger partial charge in [-0.25, -0.2) is 9.78 Å². The van der Waals surface area contributed by atoms with Crippen LogP contribution in [-0.2, 0) is 23.6 Å². The molecule has 8 heteroatoms. The summed E-state index contributed by atoms with van der Waals surface area (Å²) in [6.45, 7) is 3.75. The molecule has 0 unspecified atom stereocenters. The molecule has 2 heterocycles. The lowest BCUT2D eigenvalue weighted by atomic mass is 10.3. The summed E-state index contributed by atoms with van der Waals surface area (Å²) in [5, 5.41) is -0.138. The number of rotatable bonds is 4. The van der Waals surface area contributed by atoms with Crippen molar-refractivity contribution in [3.8, 4) is 0 Å². The van der Waals surface area contributed by atoms with Crippen molar-refractivity contribution < 1.29 is 9.53 Å². The number of hydrogen-bond donors (Lipinski definition) is 0. The van der Waals surface area contributed by atoms with Crippen LogP contribution in [0.3, 0.4) is 0 Å². The van der Waals surface area contributed by atoms with Crippen molar-refractivity contribution in [2.75, 3.05) is 6.61 Å². The molecule has 118 valence electrons. The Morgan fingerprint density at radius 2 is 2.05 bits per heavy atom. The second kappa shape index (κ2) is 6.35. The number of ether oxygens (including phenoxy) is 1. The molecule has 22 heavy (non-hydrogen) atoms. The molecule has 0 bridgehead atoms. The van der Waals surface area contributed by atoms with Crippen LogP contribution in [0, 0.1) is 0 Å². The Kier molecular flexibility index (Phi) is 4.70. The van der Waals surface area contributed by atoms with Gasteiger partial charge in [0.2, 0.25) is 0 Å². The first kappa shape index (κ1) is 16.3. The van der Waals surface area contributed by atoms with Gasteiger partial charge in [-0.1, -0.05) is 0 Å². The Hall–Kier alpha value is -2.09. The molecule has 2 aromatic heterocycles. The summed E-state index contributed by atoms with van der Waals surface area (Å²) in [7, 11) is 2.97. The van der Waals surface area contributed by atoms with Crippen molar-refractivity contribution in [1.29, 1.82) is 0 Å². The normalized spacial score (nSPS) is 12.4. The Morgan fingerprint density at radius 3 is 2.68 bits per heavy atom. The van der Waals surface area contributed by atoms with Crippen molar-refractivity contribution in [3.63, 3.8) is 0 Å². The van der Waals surface area contributed by atoms with E-state index in [1.165, 1.54) is 29.6 Å². The largest absolute Gasteiger partial charge is 0.465 e. The first-order valence-electron chi connectivity index (χ1n) is 6.76. The van der Waals surface area contributed by atoms with E-state index in [1.54, 1.807) is 27.0 Å². The predicted molar refractivity (Wildman–Crippen MR) is 84.2 cm³/mol. The van der Waals surface area contributed by atoms with E-state index in [2.05, 4.69) is 4.98 Å². The number of pyridine rings is 1. The summed E-state index contributed by atoms with van der Waals surface area (Å²) in [6, 6.07) is 1.66. The fraction of sp³-hybridized carbons (Fsp3) is 0.429. The average Bonchev–Trinajstić information content (AvgIpc) is 2.50. The lowest BCUT2D eigenvalue weighted by Crippen LogP contribution is -2.37. The van der Waals surface area contributed by atoms with E-state index < -0.39 is 16.5 Å². The molecule has 0 radical (unpaired) electrons. The van der Waals surface area contributed by atoms with Crippen molar-refractivity contribution in [3.05, 3.63) is 33.1 Å². The van der Waals surface area contributed by atoms with Crippen LogP contribution in [0.25, 0.3) is 11.0 Å². The molecule has 0 aliphatic rings. The molecule has 0 saturated heterocycles. The molecule has 2 aromatic rings. The maximum atomic E-state index is 12.4. The van der Waals surface area contributed by atoms with Crippen LogP contribution in [0.1, 0.15) is 13.8 Å². The number of nitrogens with zero attached hydrogens (tertiary/aromatic N) is 3. The molecule has 1 atom stereocenters. The monoisotopic (exact) mass is 323 g/mol. The summed E-state index contributed by atoms with van der Waals surface area (Å²) >= 11 is 1.22. The summed E-state index contributed by atoms with van der Waals surface area (Å²) in [4.78, 5) is 40.8. The van der Waals surface area contributed by atoms with E-state index in [-0.39, 0.29) is 5.97 Å². The van der Waals surface area contributed by atoms with Gasteiger partial charge in [0, 0.05) is 25.2 Å². The van der Waals surface area contributed by atoms with Gasteiger partial charge in [-0.15, -0.1) is 11.8 Å². The Bertz CT molecular complexity index is 840. The molecule has 0 aliphatic heterocycles. The molecule has 0 saturated carbocycles. The van der Waals surface area contributed by atoms with Crippen LogP contribution in [0.4, 0.5) is 0 Å². The number of aromatic nitrogens is 3. The van der Waals surface area contributed by atoms with Crippen molar-refractivity contribution >= 4 is 28.8 Å². The molecular formula is C14H17N3O4S. The van der Waals surface area contributed by atoms with Crippen LogP contribution >= 0.6 is 11.8 Å². The number of fused-ring (bicyclic) bond motifs is 1. The SMILES string of the molecule is CCOC(=O)[C@@H](C)Sc1ccnc2c1c(=O)n(C)c(=O)n2C. The van der Waals surface area contributed by atoms with Crippen molar-refractivity contribution in [1.82, 2.24) is 14.1 Å².